The minimum absolute atomic E-state index is 0.834. The quantitative estimate of drug-likeness (QED) is 0.686. The van der Waals surface area contributed by atoms with Crippen molar-refractivity contribution in [3.63, 3.8) is 0 Å². The molecule has 0 aliphatic carbocycles. The van der Waals surface area contributed by atoms with Crippen molar-refractivity contribution in [3.05, 3.63) is 0 Å². The van der Waals surface area contributed by atoms with Crippen LogP contribution in [-0.2, 0) is 0 Å². The van der Waals surface area contributed by atoms with E-state index >= 15 is 0 Å². The van der Waals surface area contributed by atoms with E-state index in [0.717, 1.165) is 12.0 Å². The molecule has 0 bridgehead atoms. The monoisotopic (exact) mass is 211 g/mol. The van der Waals surface area contributed by atoms with Crippen molar-refractivity contribution in [2.24, 2.45) is 5.92 Å². The smallest absolute Gasteiger partial charge is 0.0146 e. The molecule has 0 aromatic heterocycles. The second kappa shape index (κ2) is 5.28. The highest BCUT2D eigenvalue weighted by atomic mass is 15.2. The molecule has 0 amide bonds. The van der Waals surface area contributed by atoms with Crippen LogP contribution < -0.4 is 5.32 Å². The lowest BCUT2D eigenvalue weighted by Gasteiger charge is -2.41. The summed E-state index contributed by atoms with van der Waals surface area (Å²) < 4.78 is 0. The van der Waals surface area contributed by atoms with Crippen LogP contribution in [-0.4, -0.2) is 62.2 Å². The van der Waals surface area contributed by atoms with E-state index in [0.29, 0.717) is 0 Å². The van der Waals surface area contributed by atoms with Crippen LogP contribution in [0.3, 0.4) is 0 Å². The van der Waals surface area contributed by atoms with Gasteiger partial charge in [-0.1, -0.05) is 6.92 Å². The van der Waals surface area contributed by atoms with Gasteiger partial charge in [-0.3, -0.25) is 4.90 Å². The third-order valence-electron chi connectivity index (χ3n) is 3.91. The molecule has 0 radical (unpaired) electrons. The van der Waals surface area contributed by atoms with Crippen LogP contribution >= 0.6 is 0 Å². The van der Waals surface area contributed by atoms with Crippen LogP contribution in [0.1, 0.15) is 19.8 Å². The summed E-state index contributed by atoms with van der Waals surface area (Å²) in [6, 6.07) is 0.834. The Labute approximate surface area is 93.8 Å². The molecule has 3 heteroatoms. The van der Waals surface area contributed by atoms with Crippen molar-refractivity contribution >= 4 is 0 Å². The fourth-order valence-electron chi connectivity index (χ4n) is 3.08. The largest absolute Gasteiger partial charge is 0.315 e. The Morgan fingerprint density at radius 3 is 2.80 bits per heavy atom. The molecule has 0 saturated carbocycles. The highest BCUT2D eigenvalue weighted by Crippen LogP contribution is 2.21. The molecule has 2 atom stereocenters. The maximum atomic E-state index is 3.49. The summed E-state index contributed by atoms with van der Waals surface area (Å²) in [5, 5.41) is 3.49. The van der Waals surface area contributed by atoms with Gasteiger partial charge in [0.15, 0.2) is 0 Å². The van der Waals surface area contributed by atoms with E-state index < -0.39 is 0 Å². The molecule has 88 valence electrons. The van der Waals surface area contributed by atoms with E-state index in [1.807, 2.05) is 0 Å². The molecule has 2 heterocycles. The summed E-state index contributed by atoms with van der Waals surface area (Å²) in [5.41, 5.74) is 0. The summed E-state index contributed by atoms with van der Waals surface area (Å²) in [6.07, 6.45) is 2.68. The van der Waals surface area contributed by atoms with Crippen molar-refractivity contribution in [2.75, 3.05) is 46.3 Å². The molecule has 2 fully saturated rings. The number of nitrogens with zero attached hydrogens (tertiary/aromatic N) is 2. The van der Waals surface area contributed by atoms with Crippen LogP contribution in [0.15, 0.2) is 0 Å². The molecule has 15 heavy (non-hydrogen) atoms. The molecule has 2 rings (SSSR count). The third-order valence-corrected chi connectivity index (χ3v) is 3.91. The van der Waals surface area contributed by atoms with E-state index in [1.165, 1.54) is 52.1 Å². The molecule has 2 aliphatic rings. The van der Waals surface area contributed by atoms with Gasteiger partial charge in [0.25, 0.3) is 0 Å². The van der Waals surface area contributed by atoms with Crippen LogP contribution in [0.2, 0.25) is 0 Å². The van der Waals surface area contributed by atoms with Crippen molar-refractivity contribution in [3.8, 4) is 0 Å². The zero-order valence-electron chi connectivity index (χ0n) is 10.2. The first kappa shape index (κ1) is 11.4. The minimum atomic E-state index is 0.834. The zero-order valence-corrected chi connectivity index (χ0v) is 10.2. The van der Waals surface area contributed by atoms with Gasteiger partial charge in [-0.15, -0.1) is 0 Å². The van der Waals surface area contributed by atoms with Crippen LogP contribution in [0.5, 0.6) is 0 Å². The normalized spacial score (nSPS) is 36.4. The van der Waals surface area contributed by atoms with E-state index in [4.69, 9.17) is 0 Å². The van der Waals surface area contributed by atoms with Gasteiger partial charge < -0.3 is 10.2 Å². The van der Waals surface area contributed by atoms with Crippen molar-refractivity contribution in [1.82, 2.24) is 15.1 Å². The average Bonchev–Trinajstić information content (AvgIpc) is 2.46. The van der Waals surface area contributed by atoms with Crippen LogP contribution in [0.25, 0.3) is 0 Å². The van der Waals surface area contributed by atoms with E-state index in [2.05, 4.69) is 29.1 Å². The molecular weight excluding hydrogens is 186 g/mol. The molecule has 3 nitrogen and oxygen atoms in total. The van der Waals surface area contributed by atoms with Crippen LogP contribution in [0.4, 0.5) is 0 Å². The predicted octanol–water partition coefficient (Wildman–Crippen LogP) is 0.622. The summed E-state index contributed by atoms with van der Waals surface area (Å²) >= 11 is 0. The summed E-state index contributed by atoms with van der Waals surface area (Å²) in [6.45, 7) is 9.90. The molecule has 1 N–H and O–H groups in total. The highest BCUT2D eigenvalue weighted by molar-refractivity contribution is 4.85. The number of piperidine rings is 1. The molecule has 0 aromatic rings. The Morgan fingerprint density at radius 1 is 1.13 bits per heavy atom. The second-order valence-electron chi connectivity index (χ2n) is 5.24. The number of likely N-dealkylation sites (tertiary alicyclic amines) is 1. The second-order valence-corrected chi connectivity index (χ2v) is 5.24. The molecule has 2 unspecified atom stereocenters. The molecule has 2 aliphatic heterocycles. The Balaban J connectivity index is 1.90. The molecular formula is C12H25N3. The van der Waals surface area contributed by atoms with Crippen molar-refractivity contribution in [2.45, 2.75) is 25.8 Å². The van der Waals surface area contributed by atoms with E-state index in [9.17, 15) is 0 Å². The molecule has 0 spiro atoms. The van der Waals surface area contributed by atoms with Crippen molar-refractivity contribution < 1.29 is 0 Å². The first-order valence-electron chi connectivity index (χ1n) is 6.40. The Hall–Kier alpha value is -0.120. The van der Waals surface area contributed by atoms with Gasteiger partial charge in [-0.05, 0) is 45.4 Å². The van der Waals surface area contributed by atoms with Gasteiger partial charge in [-0.2, -0.15) is 0 Å². The first-order valence-corrected chi connectivity index (χ1v) is 6.40. The van der Waals surface area contributed by atoms with Gasteiger partial charge in [0.05, 0.1) is 0 Å². The number of nitrogens with one attached hydrogen (secondary N) is 1. The first-order chi connectivity index (χ1) is 7.27. The Bertz CT molecular complexity index is 187. The number of hydrogen-bond donors (Lipinski definition) is 1. The van der Waals surface area contributed by atoms with E-state index in [1.54, 1.807) is 0 Å². The summed E-state index contributed by atoms with van der Waals surface area (Å²) in [7, 11) is 2.25. The topological polar surface area (TPSA) is 18.5 Å². The van der Waals surface area contributed by atoms with Gasteiger partial charge in [0.1, 0.15) is 0 Å². The maximum Gasteiger partial charge on any atom is 0.0146 e. The highest BCUT2D eigenvalue weighted by Gasteiger charge is 2.29. The maximum absolute atomic E-state index is 3.49. The van der Waals surface area contributed by atoms with Gasteiger partial charge >= 0.3 is 0 Å². The van der Waals surface area contributed by atoms with Gasteiger partial charge in [0.2, 0.25) is 0 Å². The lowest BCUT2D eigenvalue weighted by atomic mass is 9.92. The number of hydrogen-bond acceptors (Lipinski definition) is 3. The summed E-state index contributed by atoms with van der Waals surface area (Å²) in [5.74, 6) is 0.835. The SMILES string of the molecule is CC1CN(C)CCC1N1CCCNCC1. The molecule has 0 aromatic carbocycles. The lowest BCUT2D eigenvalue weighted by molar-refractivity contribution is 0.0800. The summed E-state index contributed by atoms with van der Waals surface area (Å²) in [4.78, 5) is 5.19. The Kier molecular flexibility index (Phi) is 4.00. The lowest BCUT2D eigenvalue weighted by Crippen LogP contribution is -2.50. The molecule has 2 saturated heterocycles. The average molecular weight is 211 g/mol. The van der Waals surface area contributed by atoms with Crippen LogP contribution in [0, 0.1) is 5.92 Å². The van der Waals surface area contributed by atoms with Gasteiger partial charge in [-0.25, -0.2) is 0 Å². The Morgan fingerprint density at radius 2 is 2.00 bits per heavy atom. The van der Waals surface area contributed by atoms with Gasteiger partial charge in [0, 0.05) is 25.7 Å². The standard InChI is InChI=1S/C12H25N3/c1-11-10-14(2)8-4-12(11)15-7-3-5-13-6-9-15/h11-13H,3-10H2,1-2H3. The third kappa shape index (κ3) is 2.92. The minimum Gasteiger partial charge on any atom is -0.315 e. The number of rotatable bonds is 1. The zero-order chi connectivity index (χ0) is 10.7. The fraction of sp³-hybridized carbons (Fsp3) is 1.00. The van der Waals surface area contributed by atoms with E-state index in [-0.39, 0.29) is 0 Å². The van der Waals surface area contributed by atoms with Crippen molar-refractivity contribution in [1.29, 1.82) is 0 Å². The fourth-order valence-corrected chi connectivity index (χ4v) is 3.08. The predicted molar refractivity (Wildman–Crippen MR) is 64.1 cm³/mol.